The summed E-state index contributed by atoms with van der Waals surface area (Å²) in [6.45, 7) is 1.69. The minimum atomic E-state index is -2.93. The maximum absolute atomic E-state index is 13.8. The van der Waals surface area contributed by atoms with Crippen LogP contribution in [0, 0.1) is 5.92 Å². The van der Waals surface area contributed by atoms with Crippen LogP contribution in [0.1, 0.15) is 19.8 Å². The second-order valence-corrected chi connectivity index (χ2v) is 9.58. The Bertz CT molecular complexity index is 1500. The van der Waals surface area contributed by atoms with Gasteiger partial charge in [0, 0.05) is 55.3 Å². The van der Waals surface area contributed by atoms with E-state index in [0.717, 1.165) is 36.2 Å². The number of halogens is 2. The molecule has 0 radical (unpaired) electrons. The van der Waals surface area contributed by atoms with Crippen LogP contribution in [0.25, 0.3) is 33.3 Å². The summed E-state index contributed by atoms with van der Waals surface area (Å²) in [6, 6.07) is 7.25. The van der Waals surface area contributed by atoms with E-state index in [0.29, 0.717) is 40.7 Å². The van der Waals surface area contributed by atoms with Gasteiger partial charge >= 0.3 is 0 Å². The summed E-state index contributed by atoms with van der Waals surface area (Å²) in [5, 5.41) is 7.48. The molecule has 2 N–H and O–H groups in total. The first-order valence-electron chi connectivity index (χ1n) is 12.2. The van der Waals surface area contributed by atoms with Crippen molar-refractivity contribution < 1.29 is 22.7 Å². The van der Waals surface area contributed by atoms with Crippen molar-refractivity contribution in [1.82, 2.24) is 15.0 Å². The van der Waals surface area contributed by atoms with Gasteiger partial charge in [0.15, 0.2) is 5.58 Å². The summed E-state index contributed by atoms with van der Waals surface area (Å²) in [4.78, 5) is 27.7. The van der Waals surface area contributed by atoms with E-state index in [2.05, 4.69) is 20.6 Å². The quantitative estimate of drug-likeness (QED) is 0.387. The highest BCUT2D eigenvalue weighted by atomic mass is 19.3. The van der Waals surface area contributed by atoms with Gasteiger partial charge in [0.25, 0.3) is 5.92 Å². The number of benzene rings is 1. The summed E-state index contributed by atoms with van der Waals surface area (Å²) in [5.74, 6) is -1.46. The molecule has 3 aromatic heterocycles. The number of nitrogens with zero attached hydrogens (tertiary/aromatic N) is 4. The lowest BCUT2D eigenvalue weighted by Crippen LogP contribution is -2.49. The number of carbonyl (C=O) groups excluding carboxylic acids is 1. The predicted octanol–water partition coefficient (Wildman–Crippen LogP) is 4.69. The lowest BCUT2D eigenvalue weighted by molar-refractivity contribution is -0.128. The molecular formula is C26H26F2N6O3. The van der Waals surface area contributed by atoms with Crippen LogP contribution >= 0.6 is 0 Å². The third-order valence-corrected chi connectivity index (χ3v) is 6.81. The van der Waals surface area contributed by atoms with Gasteiger partial charge < -0.3 is 24.7 Å². The number of alkyl halides is 2. The van der Waals surface area contributed by atoms with Crippen molar-refractivity contribution in [2.24, 2.45) is 5.92 Å². The molecular weight excluding hydrogens is 482 g/mol. The molecule has 1 saturated heterocycles. The summed E-state index contributed by atoms with van der Waals surface area (Å²) in [6.07, 6.45) is 3.96. The molecule has 1 aliphatic heterocycles. The minimum absolute atomic E-state index is 0.0307. The van der Waals surface area contributed by atoms with Gasteiger partial charge in [-0.05, 0) is 37.1 Å². The number of hydrogen-bond acceptors (Lipinski definition) is 8. The Morgan fingerprint density at radius 1 is 1.16 bits per heavy atom. The van der Waals surface area contributed by atoms with Crippen molar-refractivity contribution in [1.29, 1.82) is 0 Å². The van der Waals surface area contributed by atoms with Crippen LogP contribution in [0.5, 0.6) is 0 Å². The van der Waals surface area contributed by atoms with Crippen LogP contribution in [0.15, 0.2) is 41.1 Å². The third-order valence-electron chi connectivity index (χ3n) is 6.81. The van der Waals surface area contributed by atoms with Crippen LogP contribution in [0.3, 0.4) is 0 Å². The molecule has 6 rings (SSSR count). The summed E-state index contributed by atoms with van der Waals surface area (Å²) < 4.78 is 39.1. The van der Waals surface area contributed by atoms with E-state index < -0.39 is 12.0 Å². The molecule has 4 aromatic rings. The number of hydrogen-bond donors (Lipinski definition) is 2. The summed E-state index contributed by atoms with van der Waals surface area (Å²) >= 11 is 0. The Balaban J connectivity index is 1.36. The summed E-state index contributed by atoms with van der Waals surface area (Å²) in [7, 11) is 1.77. The third kappa shape index (κ3) is 4.55. The van der Waals surface area contributed by atoms with Gasteiger partial charge in [0.05, 0.1) is 18.7 Å². The van der Waals surface area contributed by atoms with E-state index in [4.69, 9.17) is 14.1 Å². The van der Waals surface area contributed by atoms with E-state index >= 15 is 0 Å². The number of carbonyl (C=O) groups is 1. The van der Waals surface area contributed by atoms with Crippen LogP contribution in [0.2, 0.25) is 0 Å². The molecule has 0 unspecified atom stereocenters. The van der Waals surface area contributed by atoms with E-state index in [9.17, 15) is 13.6 Å². The SMILES string of the molecule is CNc1ncc(-c2nc3cc(N4CCO[C@@H](C(C)(F)F)C4)ccc3o2)c2cc(NC(=O)C3CC3)ncc12. The number of oxazole rings is 1. The van der Waals surface area contributed by atoms with E-state index in [1.165, 1.54) is 0 Å². The number of pyridine rings is 2. The lowest BCUT2D eigenvalue weighted by atomic mass is 10.1. The number of amides is 1. The predicted molar refractivity (Wildman–Crippen MR) is 136 cm³/mol. The fraction of sp³-hybridized carbons (Fsp3) is 0.385. The molecule has 1 amide bonds. The summed E-state index contributed by atoms with van der Waals surface area (Å²) in [5.41, 5.74) is 2.58. The fourth-order valence-corrected chi connectivity index (χ4v) is 4.57. The molecule has 0 spiro atoms. The van der Waals surface area contributed by atoms with Crippen molar-refractivity contribution >= 4 is 45.1 Å². The molecule has 2 aliphatic rings. The second-order valence-electron chi connectivity index (χ2n) is 9.58. The van der Waals surface area contributed by atoms with Crippen molar-refractivity contribution in [3.8, 4) is 11.5 Å². The molecule has 37 heavy (non-hydrogen) atoms. The van der Waals surface area contributed by atoms with E-state index in [1.807, 2.05) is 17.0 Å². The highest BCUT2D eigenvalue weighted by Gasteiger charge is 2.38. The highest BCUT2D eigenvalue weighted by Crippen LogP contribution is 2.36. The molecule has 2 fully saturated rings. The Hall–Kier alpha value is -3.86. The average molecular weight is 509 g/mol. The molecule has 4 heterocycles. The molecule has 1 saturated carbocycles. The molecule has 0 bridgehead atoms. The Kier molecular flexibility index (Phi) is 5.67. The van der Waals surface area contributed by atoms with Gasteiger partial charge in [-0.15, -0.1) is 0 Å². The molecule has 1 aromatic carbocycles. The van der Waals surface area contributed by atoms with Crippen LogP contribution in [-0.4, -0.2) is 59.6 Å². The highest BCUT2D eigenvalue weighted by molar-refractivity contribution is 6.03. The zero-order valence-corrected chi connectivity index (χ0v) is 20.4. The van der Waals surface area contributed by atoms with Gasteiger partial charge in [-0.3, -0.25) is 4.79 Å². The fourth-order valence-electron chi connectivity index (χ4n) is 4.57. The van der Waals surface area contributed by atoms with Crippen molar-refractivity contribution in [3.63, 3.8) is 0 Å². The number of ether oxygens (including phenoxy) is 1. The van der Waals surface area contributed by atoms with Gasteiger partial charge in [0.2, 0.25) is 11.8 Å². The number of nitrogens with one attached hydrogen (secondary N) is 2. The van der Waals surface area contributed by atoms with Gasteiger partial charge in [-0.2, -0.15) is 0 Å². The second kappa shape index (κ2) is 8.91. The molecule has 192 valence electrons. The van der Waals surface area contributed by atoms with Crippen LogP contribution in [-0.2, 0) is 9.53 Å². The smallest absolute Gasteiger partial charge is 0.272 e. The normalized spacial score (nSPS) is 18.4. The average Bonchev–Trinajstić information content (AvgIpc) is 3.66. The number of aromatic nitrogens is 3. The molecule has 11 heteroatoms. The Morgan fingerprint density at radius 2 is 2.00 bits per heavy atom. The number of rotatable bonds is 6. The van der Waals surface area contributed by atoms with E-state index in [-0.39, 0.29) is 25.0 Å². The molecule has 1 atom stereocenters. The van der Waals surface area contributed by atoms with Gasteiger partial charge in [-0.1, -0.05) is 0 Å². The first-order chi connectivity index (χ1) is 17.8. The van der Waals surface area contributed by atoms with E-state index in [1.54, 1.807) is 31.6 Å². The Morgan fingerprint density at radius 3 is 2.76 bits per heavy atom. The monoisotopic (exact) mass is 508 g/mol. The van der Waals surface area contributed by atoms with Gasteiger partial charge in [0.1, 0.15) is 23.3 Å². The largest absolute Gasteiger partial charge is 0.436 e. The first-order valence-corrected chi connectivity index (χ1v) is 12.2. The van der Waals surface area contributed by atoms with Crippen LogP contribution in [0.4, 0.5) is 26.1 Å². The maximum atomic E-state index is 13.8. The maximum Gasteiger partial charge on any atom is 0.272 e. The topological polar surface area (TPSA) is 105 Å². The first kappa shape index (κ1) is 23.5. The molecule has 1 aliphatic carbocycles. The standard InChI is InChI=1S/C26H26F2N6O3/c1-26(27,28)21-13-34(7-8-36-21)15-5-6-20-19(9-15)32-25(37-20)18-12-31-23(29-2)17-11-30-22(10-16(17)18)33-24(35)14-3-4-14/h5-6,9-12,14,21H,3-4,7-8,13H2,1-2H3,(H,29,31)(H,30,33,35)/t21-/m1/s1. The van der Waals surface area contributed by atoms with Gasteiger partial charge in [-0.25, -0.2) is 23.7 Å². The number of fused-ring (bicyclic) bond motifs is 2. The number of anilines is 3. The number of morpholine rings is 1. The minimum Gasteiger partial charge on any atom is -0.436 e. The van der Waals surface area contributed by atoms with Crippen molar-refractivity contribution in [3.05, 3.63) is 36.7 Å². The van der Waals surface area contributed by atoms with Crippen molar-refractivity contribution in [2.45, 2.75) is 31.8 Å². The Labute approximate surface area is 211 Å². The zero-order chi connectivity index (χ0) is 25.7. The van der Waals surface area contributed by atoms with Crippen molar-refractivity contribution in [2.75, 3.05) is 42.3 Å². The lowest BCUT2D eigenvalue weighted by Gasteiger charge is -2.36. The molecule has 9 nitrogen and oxygen atoms in total. The van der Waals surface area contributed by atoms with Crippen LogP contribution < -0.4 is 15.5 Å². The zero-order valence-electron chi connectivity index (χ0n) is 20.4.